The lowest BCUT2D eigenvalue weighted by Crippen LogP contribution is -2.20. The average molecular weight is 257 g/mol. The quantitative estimate of drug-likeness (QED) is 0.865. The van der Waals surface area contributed by atoms with E-state index < -0.39 is 0 Å². The SMILES string of the molecule is CCC(NCc1cnc[nH]1)c1ccc2c(c1)CCO2. The fourth-order valence-corrected chi connectivity index (χ4v) is 2.54. The monoisotopic (exact) mass is 257 g/mol. The molecule has 0 spiro atoms. The second-order valence-electron chi connectivity index (χ2n) is 4.88. The predicted octanol–water partition coefficient (Wildman–Crippen LogP) is 2.59. The van der Waals surface area contributed by atoms with Crippen LogP contribution in [0.4, 0.5) is 0 Å². The molecule has 1 atom stereocenters. The lowest BCUT2D eigenvalue weighted by molar-refractivity contribution is 0.356. The van der Waals surface area contributed by atoms with Gasteiger partial charge < -0.3 is 15.0 Å². The van der Waals surface area contributed by atoms with Crippen LogP contribution in [0.5, 0.6) is 5.75 Å². The summed E-state index contributed by atoms with van der Waals surface area (Å²) in [4.78, 5) is 7.15. The Balaban J connectivity index is 1.71. The number of aromatic amines is 1. The Hall–Kier alpha value is -1.81. The molecule has 1 aliphatic heterocycles. The van der Waals surface area contributed by atoms with Crippen LogP contribution in [0.15, 0.2) is 30.7 Å². The second-order valence-corrected chi connectivity index (χ2v) is 4.88. The smallest absolute Gasteiger partial charge is 0.122 e. The Labute approximate surface area is 113 Å². The Morgan fingerprint density at radius 1 is 1.47 bits per heavy atom. The van der Waals surface area contributed by atoms with Crippen molar-refractivity contribution >= 4 is 0 Å². The maximum absolute atomic E-state index is 5.55. The van der Waals surface area contributed by atoms with Gasteiger partial charge in [-0.25, -0.2) is 4.98 Å². The van der Waals surface area contributed by atoms with E-state index in [9.17, 15) is 0 Å². The maximum atomic E-state index is 5.55. The van der Waals surface area contributed by atoms with Crippen molar-refractivity contribution in [2.75, 3.05) is 6.61 Å². The number of fused-ring (bicyclic) bond motifs is 1. The molecule has 0 amide bonds. The molecule has 2 aromatic rings. The summed E-state index contributed by atoms with van der Waals surface area (Å²) in [5.74, 6) is 1.05. The molecule has 3 rings (SSSR count). The van der Waals surface area contributed by atoms with Crippen LogP contribution in [0.1, 0.15) is 36.2 Å². The molecular weight excluding hydrogens is 238 g/mol. The highest BCUT2D eigenvalue weighted by Crippen LogP contribution is 2.29. The fourth-order valence-electron chi connectivity index (χ4n) is 2.54. The van der Waals surface area contributed by atoms with Gasteiger partial charge in [0.1, 0.15) is 5.75 Å². The van der Waals surface area contributed by atoms with Crippen molar-refractivity contribution in [1.29, 1.82) is 0 Å². The average Bonchev–Trinajstić information content (AvgIpc) is 3.09. The summed E-state index contributed by atoms with van der Waals surface area (Å²) >= 11 is 0. The molecule has 1 aromatic heterocycles. The van der Waals surface area contributed by atoms with Gasteiger partial charge in [0.15, 0.2) is 0 Å². The first-order valence-electron chi connectivity index (χ1n) is 6.83. The van der Waals surface area contributed by atoms with E-state index in [4.69, 9.17) is 4.74 Å². The van der Waals surface area contributed by atoms with Crippen LogP contribution in [0.25, 0.3) is 0 Å². The van der Waals surface area contributed by atoms with E-state index in [0.717, 1.165) is 37.4 Å². The first kappa shape index (κ1) is 12.2. The molecule has 19 heavy (non-hydrogen) atoms. The molecule has 0 bridgehead atoms. The van der Waals surface area contributed by atoms with E-state index in [-0.39, 0.29) is 0 Å². The van der Waals surface area contributed by atoms with Crippen molar-refractivity contribution in [1.82, 2.24) is 15.3 Å². The van der Waals surface area contributed by atoms with Crippen LogP contribution in [0.2, 0.25) is 0 Å². The summed E-state index contributed by atoms with van der Waals surface area (Å²) in [6, 6.07) is 6.90. The number of hydrogen-bond acceptors (Lipinski definition) is 3. The minimum Gasteiger partial charge on any atom is -0.493 e. The number of imidazole rings is 1. The zero-order valence-electron chi connectivity index (χ0n) is 11.1. The van der Waals surface area contributed by atoms with Crippen LogP contribution >= 0.6 is 0 Å². The third-order valence-corrected chi connectivity index (χ3v) is 3.62. The van der Waals surface area contributed by atoms with E-state index in [1.807, 2.05) is 6.20 Å². The lowest BCUT2D eigenvalue weighted by atomic mass is 10.0. The minimum absolute atomic E-state index is 0.370. The molecule has 0 radical (unpaired) electrons. The fraction of sp³-hybridized carbons (Fsp3) is 0.400. The van der Waals surface area contributed by atoms with Crippen LogP contribution < -0.4 is 10.1 Å². The number of nitrogens with one attached hydrogen (secondary N) is 2. The van der Waals surface area contributed by atoms with E-state index in [0.29, 0.717) is 6.04 Å². The number of aromatic nitrogens is 2. The van der Waals surface area contributed by atoms with E-state index in [1.54, 1.807) is 6.33 Å². The van der Waals surface area contributed by atoms with Gasteiger partial charge in [0.05, 0.1) is 12.9 Å². The zero-order valence-corrected chi connectivity index (χ0v) is 11.1. The molecular formula is C15H19N3O. The first-order valence-corrected chi connectivity index (χ1v) is 6.83. The summed E-state index contributed by atoms with van der Waals surface area (Å²) in [7, 11) is 0. The highest BCUT2D eigenvalue weighted by atomic mass is 16.5. The van der Waals surface area contributed by atoms with Crippen LogP contribution in [-0.2, 0) is 13.0 Å². The zero-order chi connectivity index (χ0) is 13.1. The highest BCUT2D eigenvalue weighted by molar-refractivity contribution is 5.40. The lowest BCUT2D eigenvalue weighted by Gasteiger charge is -2.17. The summed E-state index contributed by atoms with van der Waals surface area (Å²) in [5, 5.41) is 3.57. The normalized spacial score (nSPS) is 15.0. The van der Waals surface area contributed by atoms with Gasteiger partial charge in [-0.15, -0.1) is 0 Å². The number of H-pyrrole nitrogens is 1. The van der Waals surface area contributed by atoms with Gasteiger partial charge in [0, 0.05) is 30.9 Å². The van der Waals surface area contributed by atoms with Crippen molar-refractivity contribution in [2.24, 2.45) is 0 Å². The van der Waals surface area contributed by atoms with Gasteiger partial charge in [-0.05, 0) is 23.6 Å². The Kier molecular flexibility index (Phi) is 3.51. The van der Waals surface area contributed by atoms with E-state index in [1.165, 1.54) is 11.1 Å². The van der Waals surface area contributed by atoms with Gasteiger partial charge in [0.2, 0.25) is 0 Å². The molecule has 0 saturated carbocycles. The van der Waals surface area contributed by atoms with Gasteiger partial charge in [-0.2, -0.15) is 0 Å². The van der Waals surface area contributed by atoms with Crippen molar-refractivity contribution in [3.63, 3.8) is 0 Å². The topological polar surface area (TPSA) is 49.9 Å². The summed E-state index contributed by atoms with van der Waals surface area (Å²) in [5.41, 5.74) is 3.79. The molecule has 0 fully saturated rings. The highest BCUT2D eigenvalue weighted by Gasteiger charge is 2.15. The molecule has 2 N–H and O–H groups in total. The number of nitrogens with zero attached hydrogens (tertiary/aromatic N) is 1. The third-order valence-electron chi connectivity index (χ3n) is 3.62. The van der Waals surface area contributed by atoms with Gasteiger partial charge in [0.25, 0.3) is 0 Å². The first-order chi connectivity index (χ1) is 9.36. The van der Waals surface area contributed by atoms with Crippen LogP contribution in [-0.4, -0.2) is 16.6 Å². The molecule has 1 aliphatic rings. The molecule has 0 aliphatic carbocycles. The van der Waals surface area contributed by atoms with Crippen molar-refractivity contribution in [3.8, 4) is 5.75 Å². The number of hydrogen-bond donors (Lipinski definition) is 2. The van der Waals surface area contributed by atoms with Crippen molar-refractivity contribution in [3.05, 3.63) is 47.5 Å². The van der Waals surface area contributed by atoms with Gasteiger partial charge >= 0.3 is 0 Å². The number of rotatable bonds is 5. The molecule has 2 heterocycles. The summed E-state index contributed by atoms with van der Waals surface area (Å²) < 4.78 is 5.55. The standard InChI is InChI=1S/C15H19N3O/c1-2-14(17-9-13-8-16-10-18-13)11-3-4-15-12(7-11)5-6-19-15/h3-4,7-8,10,14,17H,2,5-6,9H2,1H3,(H,16,18). The number of ether oxygens (including phenoxy) is 1. The third kappa shape index (κ3) is 2.63. The van der Waals surface area contributed by atoms with Crippen molar-refractivity contribution < 1.29 is 4.74 Å². The Bertz CT molecular complexity index is 536. The maximum Gasteiger partial charge on any atom is 0.122 e. The largest absolute Gasteiger partial charge is 0.493 e. The Morgan fingerprint density at radius 3 is 3.21 bits per heavy atom. The summed E-state index contributed by atoms with van der Waals surface area (Å²) in [6.45, 7) is 3.83. The molecule has 1 aromatic carbocycles. The van der Waals surface area contributed by atoms with E-state index >= 15 is 0 Å². The summed E-state index contributed by atoms with van der Waals surface area (Å²) in [6.07, 6.45) is 5.66. The van der Waals surface area contributed by atoms with Gasteiger partial charge in [-0.3, -0.25) is 0 Å². The van der Waals surface area contributed by atoms with E-state index in [2.05, 4.69) is 40.4 Å². The minimum atomic E-state index is 0.370. The molecule has 100 valence electrons. The van der Waals surface area contributed by atoms with Crippen molar-refractivity contribution in [2.45, 2.75) is 32.4 Å². The molecule has 4 heteroatoms. The second kappa shape index (κ2) is 5.45. The number of benzene rings is 1. The van der Waals surface area contributed by atoms with Gasteiger partial charge in [-0.1, -0.05) is 19.1 Å². The molecule has 1 unspecified atom stereocenters. The van der Waals surface area contributed by atoms with Crippen LogP contribution in [0.3, 0.4) is 0 Å². The Morgan fingerprint density at radius 2 is 2.42 bits per heavy atom. The molecule has 4 nitrogen and oxygen atoms in total. The van der Waals surface area contributed by atoms with Crippen LogP contribution in [0, 0.1) is 0 Å². The molecule has 0 saturated heterocycles. The predicted molar refractivity (Wildman–Crippen MR) is 74.1 cm³/mol.